The highest BCUT2D eigenvalue weighted by molar-refractivity contribution is 5.99. The molecule has 0 saturated carbocycles. The van der Waals surface area contributed by atoms with Crippen LogP contribution >= 0.6 is 0 Å². The molecule has 34 heavy (non-hydrogen) atoms. The molecule has 1 amide bonds. The molecule has 1 saturated heterocycles. The maximum atomic E-state index is 13.7. The summed E-state index contributed by atoms with van der Waals surface area (Å²) in [6.07, 6.45) is -1.08. The number of carbonyl (C=O) groups is 1. The first-order valence-electron chi connectivity index (χ1n) is 11.1. The lowest BCUT2D eigenvalue weighted by Gasteiger charge is -2.40. The zero-order chi connectivity index (χ0) is 24.3. The first-order chi connectivity index (χ1) is 16.2. The quantitative estimate of drug-likeness (QED) is 0.586. The minimum absolute atomic E-state index is 0.177. The highest BCUT2D eigenvalue weighted by atomic mass is 19.4. The van der Waals surface area contributed by atoms with E-state index in [0.29, 0.717) is 30.0 Å². The lowest BCUT2D eigenvalue weighted by atomic mass is 9.90. The Bertz CT molecular complexity index is 1140. The zero-order valence-corrected chi connectivity index (χ0v) is 18.9. The molecule has 1 fully saturated rings. The number of piperidine rings is 1. The molecule has 0 aromatic carbocycles. The van der Waals surface area contributed by atoms with Crippen molar-refractivity contribution in [3.05, 3.63) is 65.7 Å². The number of aromatic nitrogens is 4. The number of hydrogen-bond donors (Lipinski definition) is 1. The van der Waals surface area contributed by atoms with Crippen molar-refractivity contribution in [1.29, 1.82) is 0 Å². The summed E-state index contributed by atoms with van der Waals surface area (Å²) in [5, 5.41) is 9.95. The Kier molecular flexibility index (Phi) is 6.76. The van der Waals surface area contributed by atoms with Gasteiger partial charge in [0.2, 0.25) is 0 Å². The van der Waals surface area contributed by atoms with E-state index in [1.165, 1.54) is 6.07 Å². The molecule has 3 aromatic heterocycles. The van der Waals surface area contributed by atoms with Gasteiger partial charge >= 0.3 is 6.18 Å². The number of alkyl halides is 3. The molecule has 0 spiro atoms. The van der Waals surface area contributed by atoms with Gasteiger partial charge in [0.05, 0.1) is 11.7 Å². The standard InChI is InChI=1S/C24H25F3N6O/c1-15-6-5-13-33(19(15)14-29-21-11-10-20(31-32-21)24(25,26)27)23(34)22-17(9-8-16(2)30-22)18-7-3-4-12-28-18/h3-4,7-12,15,19H,5-6,13-14H2,1-2H3,(H,29,32)/t15-,19?/m1/s1. The predicted molar refractivity (Wildman–Crippen MR) is 121 cm³/mol. The molecule has 4 heterocycles. The first-order valence-corrected chi connectivity index (χ1v) is 11.1. The Morgan fingerprint density at radius 2 is 1.97 bits per heavy atom. The number of halogens is 3. The van der Waals surface area contributed by atoms with Crippen LogP contribution < -0.4 is 5.32 Å². The number of carbonyl (C=O) groups excluding carboxylic acids is 1. The van der Waals surface area contributed by atoms with E-state index in [2.05, 4.69) is 32.4 Å². The number of aryl methyl sites for hydroxylation is 1. The molecule has 1 unspecified atom stereocenters. The average Bonchev–Trinajstić information content (AvgIpc) is 2.83. The molecule has 0 aliphatic carbocycles. The van der Waals surface area contributed by atoms with E-state index in [1.807, 2.05) is 37.3 Å². The SMILES string of the molecule is Cc1ccc(-c2ccccn2)c(C(=O)N2CCC[C@@H](C)C2CNc2ccc(C(F)(F)F)nn2)n1. The molecule has 0 radical (unpaired) electrons. The Hall–Kier alpha value is -3.56. The van der Waals surface area contributed by atoms with Crippen LogP contribution in [-0.2, 0) is 6.18 Å². The maximum absolute atomic E-state index is 13.7. The van der Waals surface area contributed by atoms with Crippen molar-refractivity contribution in [2.75, 3.05) is 18.4 Å². The fourth-order valence-corrected chi connectivity index (χ4v) is 4.18. The van der Waals surface area contributed by atoms with Gasteiger partial charge < -0.3 is 10.2 Å². The number of nitrogens with one attached hydrogen (secondary N) is 1. The van der Waals surface area contributed by atoms with Gasteiger partial charge in [-0.25, -0.2) is 4.98 Å². The Labute approximate surface area is 195 Å². The van der Waals surface area contributed by atoms with Crippen LogP contribution in [0.5, 0.6) is 0 Å². The Morgan fingerprint density at radius 1 is 1.15 bits per heavy atom. The third kappa shape index (κ3) is 5.16. The van der Waals surface area contributed by atoms with E-state index in [9.17, 15) is 18.0 Å². The summed E-state index contributed by atoms with van der Waals surface area (Å²) in [4.78, 5) is 24.5. The lowest BCUT2D eigenvalue weighted by molar-refractivity contribution is -0.141. The van der Waals surface area contributed by atoms with Gasteiger partial charge in [0.25, 0.3) is 5.91 Å². The number of likely N-dealkylation sites (tertiary alicyclic amines) is 1. The van der Waals surface area contributed by atoms with Crippen molar-refractivity contribution in [1.82, 2.24) is 25.1 Å². The predicted octanol–water partition coefficient (Wildman–Crippen LogP) is 4.61. The molecule has 178 valence electrons. The minimum atomic E-state index is -4.54. The van der Waals surface area contributed by atoms with Crippen molar-refractivity contribution in [2.24, 2.45) is 5.92 Å². The van der Waals surface area contributed by atoms with Gasteiger partial charge in [0.15, 0.2) is 5.69 Å². The molecular weight excluding hydrogens is 445 g/mol. The topological polar surface area (TPSA) is 83.9 Å². The molecular formula is C24H25F3N6O. The van der Waals surface area contributed by atoms with Crippen LogP contribution in [0.4, 0.5) is 19.0 Å². The molecule has 3 aromatic rings. The second-order valence-electron chi connectivity index (χ2n) is 8.43. The molecule has 0 bridgehead atoms. The number of rotatable bonds is 5. The third-order valence-corrected chi connectivity index (χ3v) is 6.00. The molecule has 10 heteroatoms. The molecule has 7 nitrogen and oxygen atoms in total. The van der Waals surface area contributed by atoms with Gasteiger partial charge in [0, 0.05) is 30.5 Å². The van der Waals surface area contributed by atoms with Crippen LogP contribution in [-0.4, -0.2) is 50.1 Å². The van der Waals surface area contributed by atoms with Crippen molar-refractivity contribution in [2.45, 2.75) is 38.9 Å². The number of hydrogen-bond acceptors (Lipinski definition) is 6. The fraction of sp³-hybridized carbons (Fsp3) is 0.375. The molecule has 2 atom stereocenters. The number of nitrogens with zero attached hydrogens (tertiary/aromatic N) is 5. The van der Waals surface area contributed by atoms with Gasteiger partial charge in [0.1, 0.15) is 11.5 Å². The third-order valence-electron chi connectivity index (χ3n) is 6.00. The van der Waals surface area contributed by atoms with E-state index in [4.69, 9.17) is 0 Å². The second-order valence-corrected chi connectivity index (χ2v) is 8.43. The monoisotopic (exact) mass is 470 g/mol. The summed E-state index contributed by atoms with van der Waals surface area (Å²) in [5.41, 5.74) is 1.34. The van der Waals surface area contributed by atoms with Crippen LogP contribution in [0, 0.1) is 12.8 Å². The Balaban J connectivity index is 1.57. The maximum Gasteiger partial charge on any atom is 0.435 e. The van der Waals surface area contributed by atoms with E-state index in [1.54, 1.807) is 11.1 Å². The van der Waals surface area contributed by atoms with Gasteiger partial charge in [-0.15, -0.1) is 10.2 Å². The summed E-state index contributed by atoms with van der Waals surface area (Å²) in [6.45, 7) is 4.79. The van der Waals surface area contributed by atoms with Crippen LogP contribution in [0.25, 0.3) is 11.3 Å². The van der Waals surface area contributed by atoms with E-state index in [-0.39, 0.29) is 23.7 Å². The average molecular weight is 470 g/mol. The normalized spacial score (nSPS) is 18.6. The van der Waals surface area contributed by atoms with Gasteiger partial charge in [-0.3, -0.25) is 9.78 Å². The molecule has 4 rings (SSSR count). The van der Waals surface area contributed by atoms with Gasteiger partial charge in [-0.05, 0) is 62.1 Å². The van der Waals surface area contributed by atoms with Crippen molar-refractivity contribution < 1.29 is 18.0 Å². The summed E-state index contributed by atoms with van der Waals surface area (Å²) in [6, 6.07) is 11.2. The van der Waals surface area contributed by atoms with E-state index < -0.39 is 11.9 Å². The van der Waals surface area contributed by atoms with Crippen molar-refractivity contribution >= 4 is 11.7 Å². The van der Waals surface area contributed by atoms with Crippen LogP contribution in [0.2, 0.25) is 0 Å². The largest absolute Gasteiger partial charge is 0.435 e. The number of amides is 1. The van der Waals surface area contributed by atoms with Crippen LogP contribution in [0.1, 0.15) is 41.6 Å². The van der Waals surface area contributed by atoms with Crippen molar-refractivity contribution in [3.8, 4) is 11.3 Å². The van der Waals surface area contributed by atoms with Crippen molar-refractivity contribution in [3.63, 3.8) is 0 Å². The van der Waals surface area contributed by atoms with E-state index in [0.717, 1.165) is 24.6 Å². The highest BCUT2D eigenvalue weighted by Crippen LogP contribution is 2.29. The fourth-order valence-electron chi connectivity index (χ4n) is 4.18. The second kappa shape index (κ2) is 9.74. The van der Waals surface area contributed by atoms with Gasteiger partial charge in [-0.1, -0.05) is 13.0 Å². The number of pyridine rings is 2. The zero-order valence-electron chi connectivity index (χ0n) is 18.9. The first kappa shape index (κ1) is 23.6. The summed E-state index contributed by atoms with van der Waals surface area (Å²) < 4.78 is 38.3. The lowest BCUT2D eigenvalue weighted by Crippen LogP contribution is -2.51. The molecule has 1 N–H and O–H groups in total. The molecule has 1 aliphatic rings. The highest BCUT2D eigenvalue weighted by Gasteiger charge is 2.35. The van der Waals surface area contributed by atoms with Gasteiger partial charge in [-0.2, -0.15) is 13.2 Å². The molecule has 1 aliphatic heterocycles. The Morgan fingerprint density at radius 3 is 2.65 bits per heavy atom. The smallest absolute Gasteiger partial charge is 0.367 e. The summed E-state index contributed by atoms with van der Waals surface area (Å²) in [5.74, 6) is 0.206. The van der Waals surface area contributed by atoms with Crippen LogP contribution in [0.15, 0.2) is 48.7 Å². The summed E-state index contributed by atoms with van der Waals surface area (Å²) >= 11 is 0. The number of anilines is 1. The minimum Gasteiger partial charge on any atom is -0.367 e. The summed E-state index contributed by atoms with van der Waals surface area (Å²) in [7, 11) is 0. The van der Waals surface area contributed by atoms with E-state index >= 15 is 0 Å². The van der Waals surface area contributed by atoms with Crippen LogP contribution in [0.3, 0.4) is 0 Å².